The number of nitrogens with zero attached hydrogens (tertiary/aromatic N) is 4. The molecular formula is C19H23N5O2. The number of rotatable bonds is 5. The number of hydrogen-bond donors (Lipinski definition) is 1. The fourth-order valence-electron chi connectivity index (χ4n) is 3.43. The molecule has 0 spiro atoms. The van der Waals surface area contributed by atoms with Crippen molar-refractivity contribution in [2.45, 2.75) is 51.2 Å². The molecule has 1 aromatic carbocycles. The Bertz CT molecular complexity index is 813. The van der Waals surface area contributed by atoms with Crippen LogP contribution in [-0.4, -0.2) is 44.1 Å². The van der Waals surface area contributed by atoms with Crippen molar-refractivity contribution in [2.75, 3.05) is 6.54 Å². The molecular weight excluding hydrogens is 330 g/mol. The lowest BCUT2D eigenvalue weighted by Crippen LogP contribution is -2.49. The maximum atomic E-state index is 12.9. The smallest absolute Gasteiger partial charge is 0.251 e. The lowest BCUT2D eigenvalue weighted by Gasteiger charge is -2.35. The van der Waals surface area contributed by atoms with Gasteiger partial charge in [-0.1, -0.05) is 30.3 Å². The maximum Gasteiger partial charge on any atom is 0.251 e. The van der Waals surface area contributed by atoms with Crippen LogP contribution in [0.15, 0.2) is 30.3 Å². The highest BCUT2D eigenvalue weighted by molar-refractivity contribution is 5.88. The van der Waals surface area contributed by atoms with Crippen molar-refractivity contribution in [1.29, 1.82) is 0 Å². The molecule has 1 saturated carbocycles. The van der Waals surface area contributed by atoms with Crippen LogP contribution in [0.25, 0.3) is 0 Å². The molecule has 1 N–H and O–H groups in total. The summed E-state index contributed by atoms with van der Waals surface area (Å²) in [7, 11) is 0. The molecule has 2 aromatic rings. The minimum Gasteiger partial charge on any atom is -0.351 e. The molecule has 26 heavy (non-hydrogen) atoms. The minimum absolute atomic E-state index is 0.0169. The summed E-state index contributed by atoms with van der Waals surface area (Å²) < 4.78 is 1.94. The first-order chi connectivity index (χ1) is 12.6. The summed E-state index contributed by atoms with van der Waals surface area (Å²) in [6.45, 7) is 3.00. The standard InChI is InChI=1S/C19H23N5O2/c1-13-21-22-18-17(19(26)20-15-8-9-15)24(12-11-23(13)18)16(25)10-7-14-5-3-2-4-6-14/h2-6,15,17H,7-12H2,1H3,(H,20,26). The molecule has 1 aromatic heterocycles. The van der Waals surface area contributed by atoms with Gasteiger partial charge in [-0.25, -0.2) is 0 Å². The van der Waals surface area contributed by atoms with E-state index >= 15 is 0 Å². The van der Waals surface area contributed by atoms with Crippen molar-refractivity contribution < 1.29 is 9.59 Å². The van der Waals surface area contributed by atoms with Gasteiger partial charge in [-0.15, -0.1) is 10.2 Å². The fraction of sp³-hybridized carbons (Fsp3) is 0.474. The summed E-state index contributed by atoms with van der Waals surface area (Å²) in [5.74, 6) is 1.19. The van der Waals surface area contributed by atoms with Gasteiger partial charge >= 0.3 is 0 Å². The van der Waals surface area contributed by atoms with Gasteiger partial charge in [0.1, 0.15) is 5.82 Å². The Kier molecular flexibility index (Phi) is 4.44. The van der Waals surface area contributed by atoms with Gasteiger partial charge in [0.25, 0.3) is 5.91 Å². The zero-order valence-electron chi connectivity index (χ0n) is 14.9. The van der Waals surface area contributed by atoms with E-state index in [0.29, 0.717) is 31.8 Å². The van der Waals surface area contributed by atoms with Crippen LogP contribution < -0.4 is 5.32 Å². The Morgan fingerprint density at radius 2 is 1.92 bits per heavy atom. The molecule has 7 nitrogen and oxygen atoms in total. The highest BCUT2D eigenvalue weighted by Crippen LogP contribution is 2.28. The van der Waals surface area contributed by atoms with E-state index in [1.54, 1.807) is 4.90 Å². The van der Waals surface area contributed by atoms with Crippen molar-refractivity contribution in [3.8, 4) is 0 Å². The Morgan fingerprint density at radius 1 is 1.15 bits per heavy atom. The number of hydrogen-bond acceptors (Lipinski definition) is 4. The average molecular weight is 353 g/mol. The SMILES string of the molecule is Cc1nnc2n1CCN(C(=O)CCc1ccccc1)C2C(=O)NC1CC1. The van der Waals surface area contributed by atoms with E-state index in [2.05, 4.69) is 15.5 Å². The van der Waals surface area contributed by atoms with E-state index in [1.165, 1.54) is 0 Å². The Morgan fingerprint density at radius 3 is 2.65 bits per heavy atom. The molecule has 0 radical (unpaired) electrons. The molecule has 1 aliphatic carbocycles. The summed E-state index contributed by atoms with van der Waals surface area (Å²) in [6, 6.07) is 9.48. The Hall–Kier alpha value is -2.70. The Balaban J connectivity index is 1.52. The first kappa shape index (κ1) is 16.8. The zero-order chi connectivity index (χ0) is 18.1. The van der Waals surface area contributed by atoms with Crippen molar-refractivity contribution in [3.63, 3.8) is 0 Å². The van der Waals surface area contributed by atoms with Gasteiger partial charge in [0.05, 0.1) is 0 Å². The largest absolute Gasteiger partial charge is 0.351 e. The van der Waals surface area contributed by atoms with Crippen molar-refractivity contribution >= 4 is 11.8 Å². The molecule has 2 aliphatic rings. The van der Waals surface area contributed by atoms with Gasteiger partial charge in [0.2, 0.25) is 5.91 Å². The topological polar surface area (TPSA) is 80.1 Å². The molecule has 2 heterocycles. The number of benzene rings is 1. The van der Waals surface area contributed by atoms with E-state index in [4.69, 9.17) is 0 Å². The van der Waals surface area contributed by atoms with Gasteiger partial charge in [0, 0.05) is 25.6 Å². The third-order valence-electron chi connectivity index (χ3n) is 5.05. The molecule has 1 unspecified atom stereocenters. The van der Waals surface area contributed by atoms with Crippen LogP contribution in [0.4, 0.5) is 0 Å². The summed E-state index contributed by atoms with van der Waals surface area (Å²) in [4.78, 5) is 27.4. The number of carbonyl (C=O) groups is 2. The lowest BCUT2D eigenvalue weighted by atomic mass is 10.1. The molecule has 0 bridgehead atoms. The second-order valence-electron chi connectivity index (χ2n) is 7.02. The van der Waals surface area contributed by atoms with Crippen LogP contribution in [-0.2, 0) is 22.6 Å². The number of fused-ring (bicyclic) bond motifs is 1. The highest BCUT2D eigenvalue weighted by Gasteiger charge is 2.40. The van der Waals surface area contributed by atoms with E-state index in [1.807, 2.05) is 41.8 Å². The van der Waals surface area contributed by atoms with Crippen LogP contribution >= 0.6 is 0 Å². The second-order valence-corrected chi connectivity index (χ2v) is 7.02. The summed E-state index contributed by atoms with van der Waals surface area (Å²) >= 11 is 0. The van der Waals surface area contributed by atoms with E-state index in [0.717, 1.165) is 24.2 Å². The molecule has 136 valence electrons. The monoisotopic (exact) mass is 353 g/mol. The molecule has 1 fully saturated rings. The number of amides is 2. The van der Waals surface area contributed by atoms with Crippen LogP contribution in [0.3, 0.4) is 0 Å². The van der Waals surface area contributed by atoms with E-state index in [9.17, 15) is 9.59 Å². The molecule has 1 atom stereocenters. The third-order valence-corrected chi connectivity index (χ3v) is 5.05. The van der Waals surface area contributed by atoms with Crippen LogP contribution in [0.5, 0.6) is 0 Å². The van der Waals surface area contributed by atoms with Crippen LogP contribution in [0, 0.1) is 6.92 Å². The van der Waals surface area contributed by atoms with Crippen molar-refractivity contribution in [1.82, 2.24) is 25.0 Å². The summed E-state index contributed by atoms with van der Waals surface area (Å²) in [5.41, 5.74) is 1.12. The van der Waals surface area contributed by atoms with Gasteiger partial charge in [-0.05, 0) is 31.7 Å². The fourth-order valence-corrected chi connectivity index (χ4v) is 3.43. The van der Waals surface area contributed by atoms with Crippen LogP contribution in [0.2, 0.25) is 0 Å². The van der Waals surface area contributed by atoms with Gasteiger partial charge in [0.15, 0.2) is 11.9 Å². The van der Waals surface area contributed by atoms with Crippen LogP contribution in [0.1, 0.15) is 42.5 Å². The maximum absolute atomic E-state index is 12.9. The average Bonchev–Trinajstić information content (AvgIpc) is 3.40. The summed E-state index contributed by atoms with van der Waals surface area (Å²) in [6.07, 6.45) is 3.06. The Labute approximate surface area is 152 Å². The van der Waals surface area contributed by atoms with E-state index in [-0.39, 0.29) is 17.9 Å². The van der Waals surface area contributed by atoms with E-state index < -0.39 is 6.04 Å². The molecule has 2 amide bonds. The normalized spacial score (nSPS) is 19.1. The number of aromatic nitrogens is 3. The molecule has 1 aliphatic heterocycles. The zero-order valence-corrected chi connectivity index (χ0v) is 14.9. The number of aryl methyl sites for hydroxylation is 2. The number of carbonyl (C=O) groups excluding carboxylic acids is 2. The minimum atomic E-state index is -0.686. The van der Waals surface area contributed by atoms with Gasteiger partial charge in [-0.2, -0.15) is 0 Å². The highest BCUT2D eigenvalue weighted by atomic mass is 16.2. The quantitative estimate of drug-likeness (QED) is 0.881. The predicted molar refractivity (Wildman–Crippen MR) is 95.1 cm³/mol. The lowest BCUT2D eigenvalue weighted by molar-refractivity contribution is -0.142. The predicted octanol–water partition coefficient (Wildman–Crippen LogP) is 1.38. The second kappa shape index (κ2) is 6.90. The molecule has 7 heteroatoms. The summed E-state index contributed by atoms with van der Waals surface area (Å²) in [5, 5.41) is 11.3. The third kappa shape index (κ3) is 3.34. The number of nitrogens with one attached hydrogen (secondary N) is 1. The van der Waals surface area contributed by atoms with Gasteiger partial charge < -0.3 is 14.8 Å². The van der Waals surface area contributed by atoms with Crippen molar-refractivity contribution in [2.24, 2.45) is 0 Å². The van der Waals surface area contributed by atoms with Gasteiger partial charge in [-0.3, -0.25) is 9.59 Å². The first-order valence-corrected chi connectivity index (χ1v) is 9.17. The van der Waals surface area contributed by atoms with Crippen molar-refractivity contribution in [3.05, 3.63) is 47.5 Å². The molecule has 4 rings (SSSR count). The molecule has 0 saturated heterocycles. The first-order valence-electron chi connectivity index (χ1n) is 9.17.